The third-order valence-corrected chi connectivity index (χ3v) is 4.76. The van der Waals surface area contributed by atoms with Crippen molar-refractivity contribution in [1.82, 2.24) is 0 Å². The van der Waals surface area contributed by atoms with E-state index < -0.39 is 17.5 Å². The van der Waals surface area contributed by atoms with E-state index in [2.05, 4.69) is 0 Å². The Labute approximate surface area is 137 Å². The molecule has 1 saturated carbocycles. The van der Waals surface area contributed by atoms with Crippen LogP contribution in [-0.4, -0.2) is 29.1 Å². The second-order valence-corrected chi connectivity index (χ2v) is 6.52. The van der Waals surface area contributed by atoms with Gasteiger partial charge in [0.2, 0.25) is 0 Å². The summed E-state index contributed by atoms with van der Waals surface area (Å²) in [5.41, 5.74) is 1.51. The predicted molar refractivity (Wildman–Crippen MR) is 88.2 cm³/mol. The molecule has 4 nitrogen and oxygen atoms in total. The standard InChI is InChI=1S/C19H26O4/c1-4-23-18(21)19(22)10-6-5-7-16(19)17(20)12-15-9-8-13(2)11-14(15)3/h8-9,11,16,22H,4-7,10,12H2,1-3H3. The zero-order valence-electron chi connectivity index (χ0n) is 14.2. The van der Waals surface area contributed by atoms with Crippen molar-refractivity contribution in [2.24, 2.45) is 5.92 Å². The van der Waals surface area contributed by atoms with Gasteiger partial charge in [0.25, 0.3) is 0 Å². The van der Waals surface area contributed by atoms with E-state index in [0.29, 0.717) is 12.8 Å². The largest absolute Gasteiger partial charge is 0.464 e. The highest BCUT2D eigenvalue weighted by Crippen LogP contribution is 2.36. The lowest BCUT2D eigenvalue weighted by Crippen LogP contribution is -2.52. The van der Waals surface area contributed by atoms with Crippen molar-refractivity contribution in [2.45, 2.75) is 58.5 Å². The molecule has 2 rings (SSSR count). The summed E-state index contributed by atoms with van der Waals surface area (Å²) in [4.78, 5) is 24.9. The van der Waals surface area contributed by atoms with Gasteiger partial charge in [0, 0.05) is 6.42 Å². The van der Waals surface area contributed by atoms with Crippen LogP contribution in [0.3, 0.4) is 0 Å². The molecule has 1 aromatic carbocycles. The lowest BCUT2D eigenvalue weighted by Gasteiger charge is -2.36. The predicted octanol–water partition coefficient (Wildman–Crippen LogP) is 2.90. The lowest BCUT2D eigenvalue weighted by molar-refractivity contribution is -0.178. The van der Waals surface area contributed by atoms with Gasteiger partial charge in [0.1, 0.15) is 5.78 Å². The molecular formula is C19H26O4. The third kappa shape index (κ3) is 3.81. The maximum absolute atomic E-state index is 12.8. The molecule has 4 heteroatoms. The molecule has 0 spiro atoms. The molecule has 1 aromatic rings. The number of carbonyl (C=O) groups is 2. The first-order chi connectivity index (χ1) is 10.9. The summed E-state index contributed by atoms with van der Waals surface area (Å²) in [5.74, 6) is -1.40. The summed E-state index contributed by atoms with van der Waals surface area (Å²) in [6, 6.07) is 5.98. The van der Waals surface area contributed by atoms with Crippen LogP contribution in [0.5, 0.6) is 0 Å². The fourth-order valence-corrected chi connectivity index (χ4v) is 3.44. The van der Waals surface area contributed by atoms with Gasteiger partial charge in [-0.15, -0.1) is 0 Å². The highest BCUT2D eigenvalue weighted by atomic mass is 16.5. The zero-order chi connectivity index (χ0) is 17.0. The van der Waals surface area contributed by atoms with Gasteiger partial charge in [-0.2, -0.15) is 0 Å². The normalized spacial score (nSPS) is 24.3. The number of esters is 1. The molecule has 1 N–H and O–H groups in total. The zero-order valence-corrected chi connectivity index (χ0v) is 14.2. The van der Waals surface area contributed by atoms with Crippen LogP contribution < -0.4 is 0 Å². The Bertz CT molecular complexity index is 593. The van der Waals surface area contributed by atoms with Crippen LogP contribution in [0.1, 0.15) is 49.3 Å². The molecule has 2 atom stereocenters. The number of benzene rings is 1. The lowest BCUT2D eigenvalue weighted by atomic mass is 9.72. The van der Waals surface area contributed by atoms with Crippen molar-refractivity contribution in [3.8, 4) is 0 Å². The van der Waals surface area contributed by atoms with Crippen molar-refractivity contribution < 1.29 is 19.4 Å². The number of hydrogen-bond donors (Lipinski definition) is 1. The number of rotatable bonds is 5. The van der Waals surface area contributed by atoms with Gasteiger partial charge in [-0.25, -0.2) is 4.79 Å². The van der Waals surface area contributed by atoms with Crippen LogP contribution in [0, 0.1) is 19.8 Å². The molecule has 0 aromatic heterocycles. The number of hydrogen-bond acceptors (Lipinski definition) is 4. The molecule has 1 aliphatic rings. The van der Waals surface area contributed by atoms with Crippen molar-refractivity contribution >= 4 is 11.8 Å². The first-order valence-corrected chi connectivity index (χ1v) is 8.37. The smallest absolute Gasteiger partial charge is 0.338 e. The van der Waals surface area contributed by atoms with Crippen molar-refractivity contribution in [3.05, 3.63) is 34.9 Å². The van der Waals surface area contributed by atoms with Crippen LogP contribution in [0.2, 0.25) is 0 Å². The fourth-order valence-electron chi connectivity index (χ4n) is 3.44. The topological polar surface area (TPSA) is 63.6 Å². The van der Waals surface area contributed by atoms with Gasteiger partial charge in [0.05, 0.1) is 12.5 Å². The average Bonchev–Trinajstić information content (AvgIpc) is 2.50. The maximum atomic E-state index is 12.8. The maximum Gasteiger partial charge on any atom is 0.338 e. The summed E-state index contributed by atoms with van der Waals surface area (Å²) >= 11 is 0. The second kappa shape index (κ2) is 7.26. The van der Waals surface area contributed by atoms with Crippen LogP contribution in [0.15, 0.2) is 18.2 Å². The molecule has 2 unspecified atom stereocenters. The monoisotopic (exact) mass is 318 g/mol. The highest BCUT2D eigenvalue weighted by molar-refractivity contribution is 5.92. The molecule has 23 heavy (non-hydrogen) atoms. The van der Waals surface area contributed by atoms with Crippen LogP contribution in [0.4, 0.5) is 0 Å². The fraction of sp³-hybridized carbons (Fsp3) is 0.579. The second-order valence-electron chi connectivity index (χ2n) is 6.52. The van der Waals surface area contributed by atoms with Gasteiger partial charge in [-0.3, -0.25) is 4.79 Å². The van der Waals surface area contributed by atoms with E-state index in [1.165, 1.54) is 0 Å². The minimum atomic E-state index is -1.66. The van der Waals surface area contributed by atoms with E-state index in [1.54, 1.807) is 6.92 Å². The third-order valence-electron chi connectivity index (χ3n) is 4.76. The van der Waals surface area contributed by atoms with E-state index in [4.69, 9.17) is 4.74 Å². The Morgan fingerprint density at radius 1 is 1.30 bits per heavy atom. The molecule has 0 radical (unpaired) electrons. The molecular weight excluding hydrogens is 292 g/mol. The first kappa shape index (κ1) is 17.7. The first-order valence-electron chi connectivity index (χ1n) is 8.37. The van der Waals surface area contributed by atoms with Gasteiger partial charge >= 0.3 is 5.97 Å². The van der Waals surface area contributed by atoms with Gasteiger partial charge in [0.15, 0.2) is 5.60 Å². The van der Waals surface area contributed by atoms with E-state index in [1.807, 2.05) is 32.0 Å². The Morgan fingerprint density at radius 3 is 2.70 bits per heavy atom. The average molecular weight is 318 g/mol. The van der Waals surface area contributed by atoms with E-state index in [0.717, 1.165) is 29.5 Å². The van der Waals surface area contributed by atoms with Gasteiger partial charge in [-0.05, 0) is 51.2 Å². The summed E-state index contributed by atoms with van der Waals surface area (Å²) in [6.45, 7) is 5.91. The number of aliphatic hydroxyl groups is 1. The van der Waals surface area contributed by atoms with Crippen LogP contribution in [0.25, 0.3) is 0 Å². The molecule has 0 saturated heterocycles. The van der Waals surface area contributed by atoms with Gasteiger partial charge < -0.3 is 9.84 Å². The van der Waals surface area contributed by atoms with E-state index in [9.17, 15) is 14.7 Å². The molecule has 0 bridgehead atoms. The number of carbonyl (C=O) groups excluding carboxylic acids is 2. The molecule has 0 amide bonds. The van der Waals surface area contributed by atoms with E-state index >= 15 is 0 Å². The Hall–Kier alpha value is -1.68. The number of ketones is 1. The summed E-state index contributed by atoms with van der Waals surface area (Å²) in [5, 5.41) is 10.8. The molecule has 1 fully saturated rings. The SMILES string of the molecule is CCOC(=O)C1(O)CCCCC1C(=O)Cc1ccc(C)cc1C. The minimum absolute atomic E-state index is 0.0767. The Balaban J connectivity index is 2.19. The van der Waals surface area contributed by atoms with Crippen molar-refractivity contribution in [1.29, 1.82) is 0 Å². The van der Waals surface area contributed by atoms with E-state index in [-0.39, 0.29) is 18.8 Å². The number of ether oxygens (including phenoxy) is 1. The van der Waals surface area contributed by atoms with Gasteiger partial charge in [-0.1, -0.05) is 30.2 Å². The number of Topliss-reactive ketones (excluding diaryl/α,β-unsaturated/α-hetero) is 1. The number of aryl methyl sites for hydroxylation is 2. The molecule has 0 aliphatic heterocycles. The van der Waals surface area contributed by atoms with Crippen LogP contribution >= 0.6 is 0 Å². The Kier molecular flexibility index (Phi) is 5.58. The minimum Gasteiger partial charge on any atom is -0.464 e. The van der Waals surface area contributed by atoms with Crippen molar-refractivity contribution in [3.63, 3.8) is 0 Å². The van der Waals surface area contributed by atoms with Crippen molar-refractivity contribution in [2.75, 3.05) is 6.61 Å². The molecule has 126 valence electrons. The summed E-state index contributed by atoms with van der Waals surface area (Å²) < 4.78 is 5.01. The molecule has 1 aliphatic carbocycles. The Morgan fingerprint density at radius 2 is 2.04 bits per heavy atom. The van der Waals surface area contributed by atoms with Crippen LogP contribution in [-0.2, 0) is 20.7 Å². The summed E-state index contributed by atoms with van der Waals surface area (Å²) in [6.07, 6.45) is 2.68. The highest BCUT2D eigenvalue weighted by Gasteiger charge is 2.49. The molecule has 0 heterocycles. The quantitative estimate of drug-likeness (QED) is 0.848. The summed E-state index contributed by atoms with van der Waals surface area (Å²) in [7, 11) is 0.